The zero-order valence-electron chi connectivity index (χ0n) is 11.6. The van der Waals surface area contributed by atoms with Crippen molar-refractivity contribution in [1.82, 2.24) is 10.6 Å². The van der Waals surface area contributed by atoms with Gasteiger partial charge in [-0.25, -0.2) is 0 Å². The second-order valence-corrected chi connectivity index (χ2v) is 5.40. The average Bonchev–Trinajstić information content (AvgIpc) is 2.36. The van der Waals surface area contributed by atoms with E-state index in [-0.39, 0.29) is 5.91 Å². The number of hydrogen-bond donors (Lipinski definition) is 2. The molecule has 1 aliphatic rings. The number of hydrogen-bond acceptors (Lipinski definition) is 2. The smallest absolute Gasteiger partial charge is 0.234 e. The van der Waals surface area contributed by atoms with Crippen molar-refractivity contribution in [3.63, 3.8) is 0 Å². The van der Waals surface area contributed by atoms with Crippen molar-refractivity contribution in [1.29, 1.82) is 0 Å². The second kappa shape index (κ2) is 7.70. The quantitative estimate of drug-likeness (QED) is 0.749. The molecule has 2 N–H and O–H groups in total. The van der Waals surface area contributed by atoms with Gasteiger partial charge in [-0.2, -0.15) is 0 Å². The molecular formula is C14H28N2O. The van der Waals surface area contributed by atoms with E-state index in [0.29, 0.717) is 18.6 Å². The predicted molar refractivity (Wildman–Crippen MR) is 71.9 cm³/mol. The number of amides is 1. The molecule has 0 heterocycles. The van der Waals surface area contributed by atoms with Gasteiger partial charge in [-0.15, -0.1) is 0 Å². The SMILES string of the molecule is CCC1CCCC(NCC(=O)NC(C)CC)C1. The molecule has 0 saturated heterocycles. The molecule has 0 aromatic rings. The first-order chi connectivity index (χ1) is 8.15. The van der Waals surface area contributed by atoms with Crippen LogP contribution in [0.2, 0.25) is 0 Å². The molecule has 0 bridgehead atoms. The lowest BCUT2D eigenvalue weighted by Crippen LogP contribution is -2.43. The van der Waals surface area contributed by atoms with Crippen LogP contribution in [0, 0.1) is 5.92 Å². The molecule has 100 valence electrons. The lowest BCUT2D eigenvalue weighted by atomic mass is 9.84. The molecule has 1 amide bonds. The molecule has 1 saturated carbocycles. The van der Waals surface area contributed by atoms with Gasteiger partial charge in [-0.3, -0.25) is 4.79 Å². The normalized spacial score (nSPS) is 26.5. The molecule has 0 spiro atoms. The summed E-state index contributed by atoms with van der Waals surface area (Å²) < 4.78 is 0. The van der Waals surface area contributed by atoms with Gasteiger partial charge in [0.15, 0.2) is 0 Å². The van der Waals surface area contributed by atoms with Crippen LogP contribution >= 0.6 is 0 Å². The summed E-state index contributed by atoms with van der Waals surface area (Å²) in [6.45, 7) is 6.88. The Hall–Kier alpha value is -0.570. The van der Waals surface area contributed by atoms with Gasteiger partial charge in [-0.1, -0.05) is 33.1 Å². The van der Waals surface area contributed by atoms with E-state index in [1.807, 2.05) is 6.92 Å². The molecule has 17 heavy (non-hydrogen) atoms. The third kappa shape index (κ3) is 5.53. The third-order valence-electron chi connectivity index (χ3n) is 3.93. The molecule has 1 rings (SSSR count). The fourth-order valence-corrected chi connectivity index (χ4v) is 2.51. The molecule has 3 atom stereocenters. The minimum atomic E-state index is 0.137. The maximum atomic E-state index is 11.6. The fraction of sp³-hybridized carbons (Fsp3) is 0.929. The van der Waals surface area contributed by atoms with Crippen LogP contribution < -0.4 is 10.6 Å². The van der Waals surface area contributed by atoms with Gasteiger partial charge >= 0.3 is 0 Å². The van der Waals surface area contributed by atoms with Crippen LogP contribution in [0.25, 0.3) is 0 Å². The molecule has 3 nitrogen and oxygen atoms in total. The predicted octanol–water partition coefficient (Wildman–Crippen LogP) is 2.46. The topological polar surface area (TPSA) is 41.1 Å². The van der Waals surface area contributed by atoms with E-state index in [9.17, 15) is 4.79 Å². The first-order valence-electron chi connectivity index (χ1n) is 7.18. The Morgan fingerprint density at radius 2 is 2.12 bits per heavy atom. The van der Waals surface area contributed by atoms with Crippen LogP contribution in [-0.2, 0) is 4.79 Å². The van der Waals surface area contributed by atoms with E-state index in [1.165, 1.54) is 32.1 Å². The van der Waals surface area contributed by atoms with Crippen LogP contribution in [0.3, 0.4) is 0 Å². The van der Waals surface area contributed by atoms with Crippen molar-refractivity contribution in [2.75, 3.05) is 6.54 Å². The standard InChI is InChI=1S/C14H28N2O/c1-4-11(3)16-14(17)10-15-13-8-6-7-12(5-2)9-13/h11-13,15H,4-10H2,1-3H3,(H,16,17). The summed E-state index contributed by atoms with van der Waals surface area (Å²) in [5.74, 6) is 0.997. The van der Waals surface area contributed by atoms with Crippen LogP contribution in [0.15, 0.2) is 0 Å². The summed E-state index contributed by atoms with van der Waals surface area (Å²) >= 11 is 0. The Kier molecular flexibility index (Phi) is 6.56. The highest BCUT2D eigenvalue weighted by molar-refractivity contribution is 5.78. The van der Waals surface area contributed by atoms with Crippen LogP contribution in [0.4, 0.5) is 0 Å². The number of rotatable bonds is 6. The van der Waals surface area contributed by atoms with Gasteiger partial charge in [0.2, 0.25) is 5.91 Å². The molecule has 0 aromatic carbocycles. The molecule has 0 aliphatic heterocycles. The van der Waals surface area contributed by atoms with Crippen molar-refractivity contribution in [2.45, 2.75) is 71.4 Å². The molecule has 1 fully saturated rings. The van der Waals surface area contributed by atoms with Crippen molar-refractivity contribution in [3.05, 3.63) is 0 Å². The number of carbonyl (C=O) groups is 1. The Labute approximate surface area is 106 Å². The summed E-state index contributed by atoms with van der Waals surface area (Å²) in [5.41, 5.74) is 0. The van der Waals surface area contributed by atoms with Gasteiger partial charge < -0.3 is 10.6 Å². The van der Waals surface area contributed by atoms with Gasteiger partial charge in [0, 0.05) is 12.1 Å². The van der Waals surface area contributed by atoms with Crippen LogP contribution in [-0.4, -0.2) is 24.5 Å². The highest BCUT2D eigenvalue weighted by Crippen LogP contribution is 2.26. The zero-order valence-corrected chi connectivity index (χ0v) is 11.6. The maximum absolute atomic E-state index is 11.6. The Morgan fingerprint density at radius 1 is 1.35 bits per heavy atom. The fourth-order valence-electron chi connectivity index (χ4n) is 2.51. The minimum Gasteiger partial charge on any atom is -0.353 e. The summed E-state index contributed by atoms with van der Waals surface area (Å²) in [6, 6.07) is 0.843. The summed E-state index contributed by atoms with van der Waals surface area (Å²) in [4.78, 5) is 11.6. The van der Waals surface area contributed by atoms with E-state index in [0.717, 1.165) is 12.3 Å². The Morgan fingerprint density at radius 3 is 2.76 bits per heavy atom. The highest BCUT2D eigenvalue weighted by atomic mass is 16.1. The lowest BCUT2D eigenvalue weighted by molar-refractivity contribution is -0.121. The van der Waals surface area contributed by atoms with E-state index in [4.69, 9.17) is 0 Å². The molecule has 3 heteroatoms. The van der Waals surface area contributed by atoms with Gasteiger partial charge in [0.05, 0.1) is 6.54 Å². The van der Waals surface area contributed by atoms with E-state index >= 15 is 0 Å². The Balaban J connectivity index is 2.19. The van der Waals surface area contributed by atoms with E-state index < -0.39 is 0 Å². The number of nitrogens with one attached hydrogen (secondary N) is 2. The van der Waals surface area contributed by atoms with Crippen molar-refractivity contribution < 1.29 is 4.79 Å². The second-order valence-electron chi connectivity index (χ2n) is 5.40. The number of carbonyl (C=O) groups excluding carboxylic acids is 1. The first kappa shape index (κ1) is 14.5. The van der Waals surface area contributed by atoms with E-state index in [2.05, 4.69) is 24.5 Å². The molecular weight excluding hydrogens is 212 g/mol. The van der Waals surface area contributed by atoms with Crippen molar-refractivity contribution >= 4 is 5.91 Å². The van der Waals surface area contributed by atoms with Crippen LogP contribution in [0.1, 0.15) is 59.3 Å². The zero-order chi connectivity index (χ0) is 12.7. The molecule has 1 aliphatic carbocycles. The molecule has 3 unspecified atom stereocenters. The van der Waals surface area contributed by atoms with Gasteiger partial charge in [0.1, 0.15) is 0 Å². The summed E-state index contributed by atoms with van der Waals surface area (Å²) in [5, 5.41) is 6.40. The monoisotopic (exact) mass is 240 g/mol. The van der Waals surface area contributed by atoms with Gasteiger partial charge in [-0.05, 0) is 32.1 Å². The Bertz CT molecular complexity index is 230. The lowest BCUT2D eigenvalue weighted by Gasteiger charge is -2.29. The summed E-state index contributed by atoms with van der Waals surface area (Å²) in [6.07, 6.45) is 7.42. The summed E-state index contributed by atoms with van der Waals surface area (Å²) in [7, 11) is 0. The van der Waals surface area contributed by atoms with Crippen molar-refractivity contribution in [3.8, 4) is 0 Å². The average molecular weight is 240 g/mol. The molecule has 0 radical (unpaired) electrons. The highest BCUT2D eigenvalue weighted by Gasteiger charge is 2.20. The van der Waals surface area contributed by atoms with Crippen LogP contribution in [0.5, 0.6) is 0 Å². The largest absolute Gasteiger partial charge is 0.353 e. The van der Waals surface area contributed by atoms with Crippen molar-refractivity contribution in [2.24, 2.45) is 5.92 Å². The maximum Gasteiger partial charge on any atom is 0.234 e. The molecule has 0 aromatic heterocycles. The third-order valence-corrected chi connectivity index (χ3v) is 3.93. The minimum absolute atomic E-state index is 0.137. The van der Waals surface area contributed by atoms with Gasteiger partial charge in [0.25, 0.3) is 0 Å². The van der Waals surface area contributed by atoms with E-state index in [1.54, 1.807) is 0 Å². The first-order valence-corrected chi connectivity index (χ1v) is 7.18.